The van der Waals surface area contributed by atoms with Gasteiger partial charge >= 0.3 is 0 Å². The highest BCUT2D eigenvalue weighted by Crippen LogP contribution is 1.87. The Morgan fingerprint density at radius 1 is 0.500 bits per heavy atom. The van der Waals surface area contributed by atoms with Crippen LogP contribution in [0.25, 0.3) is 0 Å². The fourth-order valence-corrected chi connectivity index (χ4v) is 1.07. The largest absolute Gasteiger partial charge is 0.394 e. The summed E-state index contributed by atoms with van der Waals surface area (Å²) in [6.45, 7) is 8.57. The Kier molecular flexibility index (Phi) is 40.5. The monoisotopic (exact) mass is 358 g/mol. The number of hydrogen-bond acceptors (Lipinski definition) is 8. The molecule has 24 heavy (non-hydrogen) atoms. The van der Waals surface area contributed by atoms with Gasteiger partial charge in [0.05, 0.1) is 66.1 Å². The van der Waals surface area contributed by atoms with E-state index in [1.165, 1.54) is 0 Å². The Morgan fingerprint density at radius 3 is 1.21 bits per heavy atom. The molecular formula is C16H38O8. The minimum atomic E-state index is 0.0278. The van der Waals surface area contributed by atoms with Crippen LogP contribution in [-0.4, -0.2) is 99.7 Å². The molecule has 0 aromatic carbocycles. The van der Waals surface area contributed by atoms with Crippen molar-refractivity contribution >= 4 is 0 Å². The predicted molar refractivity (Wildman–Crippen MR) is 92.2 cm³/mol. The van der Waals surface area contributed by atoms with Gasteiger partial charge in [-0.3, -0.25) is 0 Å². The van der Waals surface area contributed by atoms with Crippen LogP contribution in [0.3, 0.4) is 0 Å². The second-order valence-electron chi connectivity index (χ2n) is 4.28. The van der Waals surface area contributed by atoms with Gasteiger partial charge in [-0.05, 0) is 13.3 Å². The molecule has 0 heterocycles. The normalized spacial score (nSPS) is 9.75. The number of rotatable bonds is 15. The van der Waals surface area contributed by atoms with Crippen LogP contribution in [0.2, 0.25) is 0 Å². The van der Waals surface area contributed by atoms with Gasteiger partial charge in [0, 0.05) is 13.2 Å². The van der Waals surface area contributed by atoms with E-state index in [4.69, 9.17) is 34.6 Å². The average molecular weight is 358 g/mol. The minimum Gasteiger partial charge on any atom is -0.394 e. The molecule has 0 aliphatic carbocycles. The van der Waals surface area contributed by atoms with Crippen molar-refractivity contribution < 1.29 is 39.4 Å². The number of ether oxygens (including phenoxy) is 4. The smallest absolute Gasteiger partial charge is 0.0701 e. The van der Waals surface area contributed by atoms with Crippen molar-refractivity contribution in [3.8, 4) is 0 Å². The first kappa shape index (κ1) is 28.5. The van der Waals surface area contributed by atoms with Crippen LogP contribution in [0.1, 0.15) is 26.7 Å². The molecule has 0 fully saturated rings. The maximum atomic E-state index is 8.34. The van der Waals surface area contributed by atoms with E-state index in [0.717, 1.165) is 19.4 Å². The predicted octanol–water partition coefficient (Wildman–Crippen LogP) is -0.185. The Hall–Kier alpha value is -0.320. The highest BCUT2D eigenvalue weighted by atomic mass is 16.5. The quantitative estimate of drug-likeness (QED) is 0.298. The first-order valence-electron chi connectivity index (χ1n) is 8.49. The average Bonchev–Trinajstić information content (AvgIpc) is 2.61. The molecule has 0 bridgehead atoms. The van der Waals surface area contributed by atoms with Crippen LogP contribution in [0.4, 0.5) is 0 Å². The fourth-order valence-electron chi connectivity index (χ4n) is 1.07. The first-order valence-corrected chi connectivity index (χ1v) is 8.49. The molecule has 4 N–H and O–H groups in total. The van der Waals surface area contributed by atoms with E-state index in [1.807, 2.05) is 6.92 Å². The van der Waals surface area contributed by atoms with Gasteiger partial charge < -0.3 is 39.4 Å². The molecule has 0 atom stereocenters. The van der Waals surface area contributed by atoms with E-state index in [0.29, 0.717) is 46.2 Å². The van der Waals surface area contributed by atoms with E-state index in [1.54, 1.807) is 0 Å². The first-order chi connectivity index (χ1) is 11.7. The minimum absolute atomic E-state index is 0.0278. The highest BCUT2D eigenvalue weighted by Gasteiger charge is 1.87. The standard InChI is InChI=1S/C8H18O3.C4H10O3.C4H10O2/c1-2-3-5-10-7-8-11-6-4-9;5-1-3-7-4-2-6;1-2-6-4-3-5/h9H,2-8H2,1H3;5-6H,1-4H2;5H,2-4H2,1H3. The van der Waals surface area contributed by atoms with Crippen molar-refractivity contribution in [3.05, 3.63) is 0 Å². The molecule has 0 spiro atoms. The van der Waals surface area contributed by atoms with Crippen LogP contribution in [0.15, 0.2) is 0 Å². The number of unbranched alkanes of at least 4 members (excludes halogenated alkanes) is 1. The summed E-state index contributed by atoms with van der Waals surface area (Å²) in [5.41, 5.74) is 0. The van der Waals surface area contributed by atoms with E-state index in [9.17, 15) is 0 Å². The van der Waals surface area contributed by atoms with E-state index >= 15 is 0 Å². The van der Waals surface area contributed by atoms with E-state index in [2.05, 4.69) is 11.7 Å². The van der Waals surface area contributed by atoms with Gasteiger partial charge in [-0.15, -0.1) is 0 Å². The molecule has 0 saturated heterocycles. The number of aliphatic hydroxyl groups excluding tert-OH is 4. The second-order valence-corrected chi connectivity index (χ2v) is 4.28. The number of hydrogen-bond donors (Lipinski definition) is 4. The molecule has 0 aliphatic heterocycles. The summed E-state index contributed by atoms with van der Waals surface area (Å²) < 4.78 is 19.6. The lowest BCUT2D eigenvalue weighted by molar-refractivity contribution is 0.0324. The van der Waals surface area contributed by atoms with Crippen LogP contribution in [-0.2, 0) is 18.9 Å². The Morgan fingerprint density at radius 2 is 0.875 bits per heavy atom. The maximum Gasteiger partial charge on any atom is 0.0701 e. The van der Waals surface area contributed by atoms with E-state index < -0.39 is 0 Å². The zero-order chi connectivity index (χ0) is 18.7. The lowest BCUT2D eigenvalue weighted by atomic mass is 10.4. The van der Waals surface area contributed by atoms with Gasteiger partial charge in [-0.25, -0.2) is 0 Å². The van der Waals surface area contributed by atoms with Crippen LogP contribution in [0.5, 0.6) is 0 Å². The second kappa shape index (κ2) is 34.1. The molecular weight excluding hydrogens is 320 g/mol. The zero-order valence-corrected chi connectivity index (χ0v) is 15.3. The molecule has 0 aliphatic rings. The molecule has 0 unspecified atom stereocenters. The molecule has 0 amide bonds. The molecule has 0 aromatic heterocycles. The molecule has 0 rings (SSSR count). The number of aliphatic hydroxyl groups is 4. The molecule has 8 nitrogen and oxygen atoms in total. The summed E-state index contributed by atoms with van der Waals surface area (Å²) in [6, 6.07) is 0. The van der Waals surface area contributed by atoms with Gasteiger partial charge in [0.25, 0.3) is 0 Å². The van der Waals surface area contributed by atoms with Gasteiger partial charge in [0.2, 0.25) is 0 Å². The highest BCUT2D eigenvalue weighted by molar-refractivity contribution is 4.33. The van der Waals surface area contributed by atoms with Crippen molar-refractivity contribution in [2.45, 2.75) is 26.7 Å². The fraction of sp³-hybridized carbons (Fsp3) is 1.00. The Labute approximate surface area is 146 Å². The third-order valence-electron chi connectivity index (χ3n) is 2.16. The summed E-state index contributed by atoms with van der Waals surface area (Å²) in [4.78, 5) is 0. The Balaban J connectivity index is -0.000000294. The molecule has 0 saturated carbocycles. The van der Waals surface area contributed by atoms with Crippen molar-refractivity contribution in [3.63, 3.8) is 0 Å². The SMILES string of the molecule is CCCCOCCOCCO.CCOCCO.OCCOCCO. The van der Waals surface area contributed by atoms with Gasteiger partial charge in [0.1, 0.15) is 0 Å². The van der Waals surface area contributed by atoms with Crippen LogP contribution >= 0.6 is 0 Å². The van der Waals surface area contributed by atoms with Gasteiger partial charge in [-0.2, -0.15) is 0 Å². The van der Waals surface area contributed by atoms with Crippen molar-refractivity contribution in [2.75, 3.05) is 79.3 Å². The Bertz CT molecular complexity index is 156. The molecule has 150 valence electrons. The summed E-state index contributed by atoms with van der Waals surface area (Å²) >= 11 is 0. The summed E-state index contributed by atoms with van der Waals surface area (Å²) in [5.74, 6) is 0. The van der Waals surface area contributed by atoms with Crippen LogP contribution < -0.4 is 0 Å². The molecule has 8 heteroatoms. The summed E-state index contributed by atoms with van der Waals surface area (Å²) in [7, 11) is 0. The lowest BCUT2D eigenvalue weighted by Gasteiger charge is -2.02. The lowest BCUT2D eigenvalue weighted by Crippen LogP contribution is -2.07. The van der Waals surface area contributed by atoms with Gasteiger partial charge in [-0.1, -0.05) is 13.3 Å². The maximum absolute atomic E-state index is 8.34. The summed E-state index contributed by atoms with van der Waals surface area (Å²) in [6.07, 6.45) is 2.28. The third kappa shape index (κ3) is 43.0. The van der Waals surface area contributed by atoms with Crippen molar-refractivity contribution in [1.82, 2.24) is 0 Å². The van der Waals surface area contributed by atoms with Crippen LogP contribution in [0, 0.1) is 0 Å². The zero-order valence-electron chi connectivity index (χ0n) is 15.3. The topological polar surface area (TPSA) is 118 Å². The van der Waals surface area contributed by atoms with Crippen molar-refractivity contribution in [1.29, 1.82) is 0 Å². The summed E-state index contributed by atoms with van der Waals surface area (Å²) in [5, 5.41) is 32.6. The molecule has 0 radical (unpaired) electrons. The van der Waals surface area contributed by atoms with Gasteiger partial charge in [0.15, 0.2) is 0 Å². The van der Waals surface area contributed by atoms with Crippen molar-refractivity contribution in [2.24, 2.45) is 0 Å². The third-order valence-corrected chi connectivity index (χ3v) is 2.16. The molecule has 0 aromatic rings. The van der Waals surface area contributed by atoms with E-state index in [-0.39, 0.29) is 26.4 Å².